The van der Waals surface area contributed by atoms with E-state index >= 15 is 0 Å². The van der Waals surface area contributed by atoms with Gasteiger partial charge < -0.3 is 14.7 Å². The van der Waals surface area contributed by atoms with Crippen LogP contribution >= 0.6 is 0 Å². The predicted octanol–water partition coefficient (Wildman–Crippen LogP) is 2.58. The van der Waals surface area contributed by atoms with Gasteiger partial charge in [-0.3, -0.25) is 14.5 Å². The van der Waals surface area contributed by atoms with Crippen molar-refractivity contribution in [2.75, 3.05) is 38.0 Å². The number of nitrogens with one attached hydrogen (secondary N) is 1. The first-order chi connectivity index (χ1) is 15.0. The molecule has 31 heavy (non-hydrogen) atoms. The van der Waals surface area contributed by atoms with Gasteiger partial charge in [0.15, 0.2) is 5.82 Å². The van der Waals surface area contributed by atoms with Gasteiger partial charge >= 0.3 is 0 Å². The van der Waals surface area contributed by atoms with Crippen LogP contribution in [0.4, 0.5) is 10.1 Å². The maximum absolute atomic E-state index is 13.0. The Morgan fingerprint density at radius 2 is 1.71 bits per heavy atom. The maximum atomic E-state index is 13.0. The molecule has 2 aromatic carbocycles. The zero-order chi connectivity index (χ0) is 21.8. The molecule has 1 N–H and O–H groups in total. The number of piperazine rings is 1. The number of hydrogen-bond acceptors (Lipinski definition) is 6. The Kier molecular flexibility index (Phi) is 6.03. The summed E-state index contributed by atoms with van der Waals surface area (Å²) in [6.45, 7) is 4.24. The SMILES string of the molecule is Cc1noc(-c2ccc(C(=O)N3CCN(CC(=O)Nc4ccc(F)cc4)CC3)cc2)n1. The minimum absolute atomic E-state index is 0.0522. The van der Waals surface area contributed by atoms with Crippen molar-refractivity contribution in [2.24, 2.45) is 0 Å². The molecular weight excluding hydrogens is 401 g/mol. The summed E-state index contributed by atoms with van der Waals surface area (Å²) in [5.74, 6) is 0.406. The molecule has 1 aliphatic rings. The monoisotopic (exact) mass is 423 g/mol. The van der Waals surface area contributed by atoms with Crippen LogP contribution in [0.2, 0.25) is 0 Å². The molecule has 8 nitrogen and oxygen atoms in total. The van der Waals surface area contributed by atoms with E-state index in [1.54, 1.807) is 36.1 Å². The highest BCUT2D eigenvalue weighted by Crippen LogP contribution is 2.19. The number of carbonyl (C=O) groups is 2. The molecule has 4 rings (SSSR count). The van der Waals surface area contributed by atoms with Crippen molar-refractivity contribution in [1.29, 1.82) is 0 Å². The zero-order valence-electron chi connectivity index (χ0n) is 17.0. The van der Waals surface area contributed by atoms with Gasteiger partial charge in [-0.25, -0.2) is 4.39 Å². The summed E-state index contributed by atoms with van der Waals surface area (Å²) in [5, 5.41) is 6.52. The molecular formula is C22H22FN5O3. The van der Waals surface area contributed by atoms with Crippen LogP contribution in [0.25, 0.3) is 11.5 Å². The summed E-state index contributed by atoms with van der Waals surface area (Å²) in [6, 6.07) is 12.7. The molecule has 2 heterocycles. The van der Waals surface area contributed by atoms with Gasteiger partial charge in [-0.05, 0) is 55.5 Å². The topological polar surface area (TPSA) is 91.6 Å². The van der Waals surface area contributed by atoms with E-state index in [1.807, 2.05) is 4.90 Å². The van der Waals surface area contributed by atoms with Crippen LogP contribution in [0.5, 0.6) is 0 Å². The first-order valence-electron chi connectivity index (χ1n) is 9.96. The number of anilines is 1. The number of hydrogen-bond donors (Lipinski definition) is 1. The minimum atomic E-state index is -0.349. The number of carbonyl (C=O) groups excluding carboxylic acids is 2. The summed E-state index contributed by atoms with van der Waals surface area (Å²) in [7, 11) is 0. The number of aryl methyl sites for hydroxylation is 1. The average Bonchev–Trinajstić information content (AvgIpc) is 3.22. The molecule has 0 unspecified atom stereocenters. The van der Waals surface area contributed by atoms with Gasteiger partial charge in [-0.2, -0.15) is 4.98 Å². The first-order valence-corrected chi connectivity index (χ1v) is 9.96. The smallest absolute Gasteiger partial charge is 0.257 e. The predicted molar refractivity (Wildman–Crippen MR) is 112 cm³/mol. The number of amides is 2. The third-order valence-electron chi connectivity index (χ3n) is 5.06. The highest BCUT2D eigenvalue weighted by Gasteiger charge is 2.23. The van der Waals surface area contributed by atoms with Gasteiger partial charge in [0.25, 0.3) is 11.8 Å². The van der Waals surface area contributed by atoms with Gasteiger partial charge in [-0.15, -0.1) is 0 Å². The van der Waals surface area contributed by atoms with Crippen molar-refractivity contribution in [3.63, 3.8) is 0 Å². The number of rotatable bonds is 5. The van der Waals surface area contributed by atoms with Gasteiger partial charge in [0.1, 0.15) is 5.82 Å². The molecule has 0 spiro atoms. The highest BCUT2D eigenvalue weighted by molar-refractivity contribution is 5.95. The Bertz CT molecular complexity index is 1060. The van der Waals surface area contributed by atoms with E-state index in [-0.39, 0.29) is 24.2 Å². The van der Waals surface area contributed by atoms with E-state index in [0.717, 1.165) is 5.56 Å². The summed E-state index contributed by atoms with van der Waals surface area (Å²) >= 11 is 0. The third kappa shape index (κ3) is 5.13. The molecule has 0 bridgehead atoms. The Morgan fingerprint density at radius 3 is 2.32 bits per heavy atom. The fourth-order valence-electron chi connectivity index (χ4n) is 3.40. The fourth-order valence-corrected chi connectivity index (χ4v) is 3.40. The molecule has 9 heteroatoms. The van der Waals surface area contributed by atoms with Crippen LogP contribution < -0.4 is 5.32 Å². The normalized spacial score (nSPS) is 14.5. The minimum Gasteiger partial charge on any atom is -0.336 e. The summed E-state index contributed by atoms with van der Waals surface area (Å²) in [5.41, 5.74) is 1.90. The Morgan fingerprint density at radius 1 is 1.03 bits per heavy atom. The molecule has 0 atom stereocenters. The average molecular weight is 423 g/mol. The summed E-state index contributed by atoms with van der Waals surface area (Å²) < 4.78 is 18.1. The van der Waals surface area contributed by atoms with Gasteiger partial charge in [0.05, 0.1) is 6.54 Å². The molecule has 1 aromatic heterocycles. The van der Waals surface area contributed by atoms with Crippen molar-refractivity contribution in [3.05, 3.63) is 65.7 Å². The standard InChI is InChI=1S/C22H22FN5O3/c1-15-24-21(31-26-15)16-2-4-17(5-3-16)22(30)28-12-10-27(11-13-28)14-20(29)25-19-8-6-18(23)7-9-19/h2-9H,10-14H2,1H3,(H,25,29). The molecule has 0 radical (unpaired) electrons. The van der Waals surface area contributed by atoms with Crippen LogP contribution in [0.15, 0.2) is 53.1 Å². The van der Waals surface area contributed by atoms with Crippen LogP contribution in [0.3, 0.4) is 0 Å². The van der Waals surface area contributed by atoms with Crippen molar-refractivity contribution in [2.45, 2.75) is 6.92 Å². The number of halogens is 1. The lowest BCUT2D eigenvalue weighted by molar-refractivity contribution is -0.117. The second-order valence-corrected chi connectivity index (χ2v) is 7.35. The molecule has 160 valence electrons. The van der Waals surface area contributed by atoms with Gasteiger partial charge in [0.2, 0.25) is 5.91 Å². The van der Waals surface area contributed by atoms with Crippen molar-refractivity contribution in [3.8, 4) is 11.5 Å². The quantitative estimate of drug-likeness (QED) is 0.678. The lowest BCUT2D eigenvalue weighted by atomic mass is 10.1. The van der Waals surface area contributed by atoms with Crippen LogP contribution in [0, 0.1) is 12.7 Å². The molecule has 3 aromatic rings. The highest BCUT2D eigenvalue weighted by atomic mass is 19.1. The molecule has 0 aliphatic carbocycles. The first kappa shape index (κ1) is 20.7. The Hall–Kier alpha value is -3.59. The molecule has 0 saturated carbocycles. The molecule has 1 aliphatic heterocycles. The molecule has 1 fully saturated rings. The number of benzene rings is 2. The van der Waals surface area contributed by atoms with Gasteiger partial charge in [-0.1, -0.05) is 5.16 Å². The van der Waals surface area contributed by atoms with Crippen molar-refractivity contribution < 1.29 is 18.5 Å². The van der Waals surface area contributed by atoms with E-state index in [9.17, 15) is 14.0 Å². The summed E-state index contributed by atoms with van der Waals surface area (Å²) in [4.78, 5) is 33.0. The second kappa shape index (κ2) is 9.05. The Labute approximate surface area is 178 Å². The number of aromatic nitrogens is 2. The lowest BCUT2D eigenvalue weighted by Gasteiger charge is -2.34. The van der Waals surface area contributed by atoms with Crippen LogP contribution in [-0.4, -0.2) is 64.5 Å². The fraction of sp³-hybridized carbons (Fsp3) is 0.273. The largest absolute Gasteiger partial charge is 0.336 e. The van der Waals surface area contributed by atoms with E-state index in [0.29, 0.717) is 49.1 Å². The second-order valence-electron chi connectivity index (χ2n) is 7.35. The van der Waals surface area contributed by atoms with Crippen LogP contribution in [0.1, 0.15) is 16.2 Å². The number of nitrogens with zero attached hydrogens (tertiary/aromatic N) is 4. The van der Waals surface area contributed by atoms with E-state index in [1.165, 1.54) is 24.3 Å². The molecule has 1 saturated heterocycles. The summed E-state index contributed by atoms with van der Waals surface area (Å²) in [6.07, 6.45) is 0. The van der Waals surface area contributed by atoms with Gasteiger partial charge in [0, 0.05) is 43.0 Å². The van der Waals surface area contributed by atoms with Crippen molar-refractivity contribution in [1.82, 2.24) is 19.9 Å². The third-order valence-corrected chi connectivity index (χ3v) is 5.06. The van der Waals surface area contributed by atoms with E-state index in [2.05, 4.69) is 15.5 Å². The Balaban J connectivity index is 1.27. The van der Waals surface area contributed by atoms with E-state index in [4.69, 9.17) is 4.52 Å². The zero-order valence-corrected chi connectivity index (χ0v) is 17.0. The van der Waals surface area contributed by atoms with Crippen molar-refractivity contribution >= 4 is 17.5 Å². The maximum Gasteiger partial charge on any atom is 0.257 e. The lowest BCUT2D eigenvalue weighted by Crippen LogP contribution is -2.50. The van der Waals surface area contributed by atoms with Crippen LogP contribution in [-0.2, 0) is 4.79 Å². The molecule has 2 amide bonds. The van der Waals surface area contributed by atoms with E-state index < -0.39 is 0 Å².